The highest BCUT2D eigenvalue weighted by molar-refractivity contribution is 5.95. The van der Waals surface area contributed by atoms with Crippen molar-refractivity contribution in [1.82, 2.24) is 5.32 Å². The number of hydrogen-bond acceptors (Lipinski definition) is 4. The number of methoxy groups -OCH3 is 1. The van der Waals surface area contributed by atoms with Crippen molar-refractivity contribution in [3.63, 3.8) is 0 Å². The average Bonchev–Trinajstić information content (AvgIpc) is 2.42. The predicted octanol–water partition coefficient (Wildman–Crippen LogP) is 2.80. The lowest BCUT2D eigenvalue weighted by molar-refractivity contribution is 0.0635. The van der Waals surface area contributed by atoms with Gasteiger partial charge < -0.3 is 14.8 Å². The SMILES string of the molecule is COCCCNC(=O)c1ccc(NC(=O)OC(C)(C)C)cc1. The normalized spacial score (nSPS) is 10.9. The van der Waals surface area contributed by atoms with E-state index in [0.717, 1.165) is 6.42 Å². The van der Waals surface area contributed by atoms with Gasteiger partial charge in [0, 0.05) is 31.5 Å². The zero-order valence-corrected chi connectivity index (χ0v) is 13.6. The molecule has 1 aromatic rings. The minimum absolute atomic E-state index is 0.153. The summed E-state index contributed by atoms with van der Waals surface area (Å²) in [5.74, 6) is -0.153. The first-order chi connectivity index (χ1) is 10.3. The standard InChI is InChI=1S/C16H24N2O4/c1-16(2,3)22-15(20)18-13-8-6-12(7-9-13)14(19)17-10-5-11-21-4/h6-9H,5,10-11H2,1-4H3,(H,17,19)(H,18,20). The molecule has 0 fully saturated rings. The smallest absolute Gasteiger partial charge is 0.412 e. The molecule has 0 bridgehead atoms. The first-order valence-electron chi connectivity index (χ1n) is 7.19. The van der Waals surface area contributed by atoms with Crippen LogP contribution in [-0.4, -0.2) is 37.9 Å². The van der Waals surface area contributed by atoms with Gasteiger partial charge in [-0.15, -0.1) is 0 Å². The molecular weight excluding hydrogens is 284 g/mol. The van der Waals surface area contributed by atoms with Gasteiger partial charge in [0.1, 0.15) is 5.60 Å². The second-order valence-electron chi connectivity index (χ2n) is 5.81. The van der Waals surface area contributed by atoms with E-state index in [-0.39, 0.29) is 5.91 Å². The number of benzene rings is 1. The second kappa shape index (κ2) is 8.38. The van der Waals surface area contributed by atoms with Gasteiger partial charge in [-0.3, -0.25) is 10.1 Å². The molecule has 0 aliphatic rings. The fraction of sp³-hybridized carbons (Fsp3) is 0.500. The lowest BCUT2D eigenvalue weighted by Crippen LogP contribution is -2.27. The maximum absolute atomic E-state index is 11.9. The van der Waals surface area contributed by atoms with Crippen LogP contribution in [0.5, 0.6) is 0 Å². The second-order valence-corrected chi connectivity index (χ2v) is 5.81. The third-order valence-electron chi connectivity index (χ3n) is 2.60. The zero-order valence-electron chi connectivity index (χ0n) is 13.6. The van der Waals surface area contributed by atoms with Crippen LogP contribution in [0.15, 0.2) is 24.3 Å². The lowest BCUT2D eigenvalue weighted by Gasteiger charge is -2.19. The summed E-state index contributed by atoms with van der Waals surface area (Å²) in [6.45, 7) is 6.56. The Kier molecular flexibility index (Phi) is 6.85. The van der Waals surface area contributed by atoms with Gasteiger partial charge in [-0.05, 0) is 51.5 Å². The average molecular weight is 308 g/mol. The van der Waals surface area contributed by atoms with E-state index in [1.54, 1.807) is 52.1 Å². The predicted molar refractivity (Wildman–Crippen MR) is 85.1 cm³/mol. The van der Waals surface area contributed by atoms with Gasteiger partial charge in [0.2, 0.25) is 0 Å². The van der Waals surface area contributed by atoms with Crippen molar-refractivity contribution in [1.29, 1.82) is 0 Å². The quantitative estimate of drug-likeness (QED) is 0.792. The van der Waals surface area contributed by atoms with E-state index in [9.17, 15) is 9.59 Å². The molecule has 0 aliphatic carbocycles. The molecule has 0 radical (unpaired) electrons. The van der Waals surface area contributed by atoms with Crippen LogP contribution in [0.1, 0.15) is 37.6 Å². The van der Waals surface area contributed by atoms with E-state index in [1.165, 1.54) is 0 Å². The fourth-order valence-electron chi connectivity index (χ4n) is 1.65. The molecule has 1 aromatic carbocycles. The molecule has 2 amide bonds. The molecule has 0 aliphatic heterocycles. The molecule has 0 saturated carbocycles. The molecule has 0 saturated heterocycles. The first-order valence-corrected chi connectivity index (χ1v) is 7.19. The first kappa shape index (κ1) is 18.0. The highest BCUT2D eigenvalue weighted by Gasteiger charge is 2.16. The number of rotatable bonds is 6. The minimum atomic E-state index is -0.549. The number of amides is 2. The topological polar surface area (TPSA) is 76.7 Å². The zero-order chi connectivity index (χ0) is 16.6. The molecule has 2 N–H and O–H groups in total. The van der Waals surface area contributed by atoms with Gasteiger partial charge in [0.25, 0.3) is 5.91 Å². The van der Waals surface area contributed by atoms with Crippen LogP contribution in [0.2, 0.25) is 0 Å². The van der Waals surface area contributed by atoms with Crippen LogP contribution in [0.4, 0.5) is 10.5 Å². The van der Waals surface area contributed by atoms with Crippen molar-refractivity contribution < 1.29 is 19.1 Å². The van der Waals surface area contributed by atoms with E-state index in [4.69, 9.17) is 9.47 Å². The summed E-state index contributed by atoms with van der Waals surface area (Å²) in [6, 6.07) is 6.62. The van der Waals surface area contributed by atoms with Gasteiger partial charge in [0.05, 0.1) is 0 Å². The molecular formula is C16H24N2O4. The van der Waals surface area contributed by atoms with Crippen molar-refractivity contribution >= 4 is 17.7 Å². The maximum atomic E-state index is 11.9. The largest absolute Gasteiger partial charge is 0.444 e. The summed E-state index contributed by atoms with van der Waals surface area (Å²) in [5, 5.41) is 5.41. The molecule has 1 rings (SSSR count). The van der Waals surface area contributed by atoms with Gasteiger partial charge >= 0.3 is 6.09 Å². The van der Waals surface area contributed by atoms with Gasteiger partial charge in [-0.2, -0.15) is 0 Å². The number of carbonyl (C=O) groups is 2. The third kappa shape index (κ3) is 7.08. The minimum Gasteiger partial charge on any atom is -0.444 e. The van der Waals surface area contributed by atoms with Crippen molar-refractivity contribution in [3.05, 3.63) is 29.8 Å². The van der Waals surface area contributed by atoms with Crippen molar-refractivity contribution in [3.8, 4) is 0 Å². The van der Waals surface area contributed by atoms with Crippen LogP contribution in [0, 0.1) is 0 Å². The van der Waals surface area contributed by atoms with Crippen LogP contribution >= 0.6 is 0 Å². The monoisotopic (exact) mass is 308 g/mol. The Labute approximate surface area is 131 Å². The van der Waals surface area contributed by atoms with E-state index < -0.39 is 11.7 Å². The number of nitrogens with one attached hydrogen (secondary N) is 2. The summed E-state index contributed by atoms with van der Waals surface area (Å²) >= 11 is 0. The van der Waals surface area contributed by atoms with Crippen molar-refractivity contribution in [2.24, 2.45) is 0 Å². The number of ether oxygens (including phenoxy) is 2. The van der Waals surface area contributed by atoms with E-state index in [0.29, 0.717) is 24.4 Å². The van der Waals surface area contributed by atoms with Gasteiger partial charge in [-0.25, -0.2) is 4.79 Å². The number of carbonyl (C=O) groups excluding carboxylic acids is 2. The van der Waals surface area contributed by atoms with Gasteiger partial charge in [-0.1, -0.05) is 0 Å². The van der Waals surface area contributed by atoms with Crippen LogP contribution in [-0.2, 0) is 9.47 Å². The third-order valence-corrected chi connectivity index (χ3v) is 2.60. The summed E-state index contributed by atoms with van der Waals surface area (Å²) in [5.41, 5.74) is 0.559. The Morgan fingerprint density at radius 2 is 1.77 bits per heavy atom. The van der Waals surface area contributed by atoms with Crippen LogP contribution < -0.4 is 10.6 Å². The summed E-state index contributed by atoms with van der Waals surface area (Å²) < 4.78 is 10.1. The molecule has 0 unspecified atom stereocenters. The molecule has 22 heavy (non-hydrogen) atoms. The Bertz CT molecular complexity index is 492. The number of hydrogen-bond donors (Lipinski definition) is 2. The summed E-state index contributed by atoms with van der Waals surface area (Å²) in [4.78, 5) is 23.5. The molecule has 0 spiro atoms. The van der Waals surface area contributed by atoms with Crippen LogP contribution in [0.25, 0.3) is 0 Å². The molecule has 122 valence electrons. The fourth-order valence-corrected chi connectivity index (χ4v) is 1.65. The Hall–Kier alpha value is -2.08. The Morgan fingerprint density at radius 1 is 1.14 bits per heavy atom. The molecule has 0 heterocycles. The van der Waals surface area contributed by atoms with Crippen molar-refractivity contribution in [2.75, 3.05) is 25.6 Å². The Balaban J connectivity index is 2.48. The van der Waals surface area contributed by atoms with Crippen LogP contribution in [0.3, 0.4) is 0 Å². The van der Waals surface area contributed by atoms with Crippen molar-refractivity contribution in [2.45, 2.75) is 32.8 Å². The molecule has 6 nitrogen and oxygen atoms in total. The Morgan fingerprint density at radius 3 is 2.32 bits per heavy atom. The van der Waals surface area contributed by atoms with E-state index >= 15 is 0 Å². The summed E-state index contributed by atoms with van der Waals surface area (Å²) in [6.07, 6.45) is 0.241. The summed E-state index contributed by atoms with van der Waals surface area (Å²) in [7, 11) is 1.62. The van der Waals surface area contributed by atoms with E-state index in [2.05, 4.69) is 10.6 Å². The lowest BCUT2D eigenvalue weighted by atomic mass is 10.2. The molecule has 6 heteroatoms. The molecule has 0 aromatic heterocycles. The van der Waals surface area contributed by atoms with E-state index in [1.807, 2.05) is 0 Å². The number of anilines is 1. The highest BCUT2D eigenvalue weighted by atomic mass is 16.6. The van der Waals surface area contributed by atoms with Gasteiger partial charge in [0.15, 0.2) is 0 Å². The maximum Gasteiger partial charge on any atom is 0.412 e. The molecule has 0 atom stereocenters. The highest BCUT2D eigenvalue weighted by Crippen LogP contribution is 2.13.